The first-order valence-corrected chi connectivity index (χ1v) is 4.50. The lowest BCUT2D eigenvalue weighted by molar-refractivity contribution is 0.0694. The van der Waals surface area contributed by atoms with E-state index in [1.165, 1.54) is 6.20 Å². The van der Waals surface area contributed by atoms with E-state index < -0.39 is 11.7 Å². The van der Waals surface area contributed by atoms with Gasteiger partial charge in [0.2, 0.25) is 5.88 Å². The van der Waals surface area contributed by atoms with E-state index in [1.54, 1.807) is 0 Å². The topological polar surface area (TPSA) is 130 Å². The number of phenols is 2. The first-order valence-electron chi connectivity index (χ1n) is 4.50. The van der Waals surface area contributed by atoms with Crippen molar-refractivity contribution >= 4 is 11.9 Å². The summed E-state index contributed by atoms with van der Waals surface area (Å²) in [7, 11) is 0. The number of hydrogen-bond donors (Lipinski definition) is 4. The molecule has 7 heteroatoms. The maximum absolute atomic E-state index is 10.8. The van der Waals surface area contributed by atoms with Gasteiger partial charge in [-0.15, -0.1) is 0 Å². The molecule has 0 saturated heterocycles. The maximum Gasteiger partial charge on any atom is 0.339 e. The molecule has 0 radical (unpaired) electrons. The number of nitrogens with two attached hydrogens (primary N) is 1. The zero-order valence-corrected chi connectivity index (χ0v) is 8.41. The Balaban J connectivity index is 2.67. The van der Waals surface area contributed by atoms with Crippen molar-refractivity contribution in [2.75, 3.05) is 5.73 Å². The number of anilines is 1. The summed E-state index contributed by atoms with van der Waals surface area (Å²) in [6, 6.07) is 2.01. The molecule has 1 heterocycles. The van der Waals surface area contributed by atoms with E-state index in [2.05, 4.69) is 9.68 Å². The van der Waals surface area contributed by atoms with Gasteiger partial charge in [0.05, 0.1) is 11.8 Å². The molecule has 0 aliphatic rings. The fraction of sp³-hybridized carbons (Fsp3) is 0. The minimum Gasteiger partial charge on any atom is -0.507 e. The molecule has 0 amide bonds. The number of phenolic OH excluding ortho intramolecular Hbond substituents is 1. The summed E-state index contributed by atoms with van der Waals surface area (Å²) in [5, 5.41) is 31.2. The molecule has 0 bridgehead atoms. The minimum absolute atomic E-state index is 0.0534. The predicted molar refractivity (Wildman–Crippen MR) is 56.6 cm³/mol. The van der Waals surface area contributed by atoms with Crippen LogP contribution in [-0.2, 0) is 0 Å². The zero-order valence-electron chi connectivity index (χ0n) is 8.41. The number of carboxylic acids is 1. The van der Waals surface area contributed by atoms with Crippen LogP contribution in [0.25, 0.3) is 11.1 Å². The highest BCUT2D eigenvalue weighted by Crippen LogP contribution is 2.37. The van der Waals surface area contributed by atoms with Crippen molar-refractivity contribution in [3.63, 3.8) is 0 Å². The van der Waals surface area contributed by atoms with Crippen LogP contribution < -0.4 is 5.73 Å². The number of aromatic nitrogens is 1. The van der Waals surface area contributed by atoms with E-state index in [1.807, 2.05) is 0 Å². The van der Waals surface area contributed by atoms with Crippen molar-refractivity contribution in [3.05, 3.63) is 23.9 Å². The van der Waals surface area contributed by atoms with E-state index in [4.69, 9.17) is 10.8 Å². The Hall–Kier alpha value is -2.70. The smallest absolute Gasteiger partial charge is 0.339 e. The van der Waals surface area contributed by atoms with Gasteiger partial charge in [-0.05, 0) is 6.07 Å². The van der Waals surface area contributed by atoms with Crippen molar-refractivity contribution in [2.24, 2.45) is 0 Å². The van der Waals surface area contributed by atoms with Crippen LogP contribution in [0.5, 0.6) is 11.5 Å². The first-order chi connectivity index (χ1) is 8.00. The number of nitrogens with zero attached hydrogens (tertiary/aromatic N) is 1. The third-order valence-corrected chi connectivity index (χ3v) is 2.23. The van der Waals surface area contributed by atoms with Crippen LogP contribution >= 0.6 is 0 Å². The number of carbonyl (C=O) groups is 1. The van der Waals surface area contributed by atoms with Crippen molar-refractivity contribution in [1.82, 2.24) is 5.16 Å². The number of rotatable bonds is 2. The van der Waals surface area contributed by atoms with Gasteiger partial charge in [-0.25, -0.2) is 4.79 Å². The Bertz CT molecular complexity index is 590. The first kappa shape index (κ1) is 10.8. The molecular weight excluding hydrogens is 228 g/mol. The van der Waals surface area contributed by atoms with Crippen LogP contribution in [0.15, 0.2) is 22.9 Å². The number of aromatic carboxylic acids is 1. The highest BCUT2D eigenvalue weighted by atomic mass is 16.5. The molecule has 5 N–H and O–H groups in total. The summed E-state index contributed by atoms with van der Waals surface area (Å²) in [6.07, 6.45) is 1.24. The maximum atomic E-state index is 10.8. The molecule has 7 nitrogen and oxygen atoms in total. The molecule has 0 atom stereocenters. The van der Waals surface area contributed by atoms with E-state index >= 15 is 0 Å². The minimum atomic E-state index is -1.32. The fourth-order valence-corrected chi connectivity index (χ4v) is 1.42. The van der Waals surface area contributed by atoms with Crippen LogP contribution in [0.1, 0.15) is 10.4 Å². The van der Waals surface area contributed by atoms with Gasteiger partial charge in [0.1, 0.15) is 17.1 Å². The number of nitrogen functional groups attached to an aromatic ring is 1. The van der Waals surface area contributed by atoms with Crippen molar-refractivity contribution in [2.45, 2.75) is 0 Å². The summed E-state index contributed by atoms with van der Waals surface area (Å²) in [5.41, 5.74) is 5.49. The molecule has 0 fully saturated rings. The van der Waals surface area contributed by atoms with Gasteiger partial charge in [-0.2, -0.15) is 0 Å². The van der Waals surface area contributed by atoms with Crippen LogP contribution in [0.4, 0.5) is 5.88 Å². The Kier molecular flexibility index (Phi) is 2.36. The number of carboxylic acid groups (broad SMARTS) is 1. The Morgan fingerprint density at radius 2 is 1.94 bits per heavy atom. The van der Waals surface area contributed by atoms with E-state index in [0.717, 1.165) is 12.1 Å². The molecule has 0 aliphatic heterocycles. The Morgan fingerprint density at radius 3 is 2.47 bits per heavy atom. The second-order valence-electron chi connectivity index (χ2n) is 3.30. The molecule has 1 aromatic heterocycles. The normalized spacial score (nSPS) is 10.4. The van der Waals surface area contributed by atoms with Gasteiger partial charge in [0, 0.05) is 11.6 Å². The van der Waals surface area contributed by atoms with Crippen LogP contribution in [0.3, 0.4) is 0 Å². The van der Waals surface area contributed by atoms with Gasteiger partial charge in [-0.1, -0.05) is 5.16 Å². The summed E-state index contributed by atoms with van der Waals surface area (Å²) in [4.78, 5) is 10.8. The molecule has 2 rings (SSSR count). The largest absolute Gasteiger partial charge is 0.507 e. The lowest BCUT2D eigenvalue weighted by Crippen LogP contribution is -1.97. The molecular formula is C10H8N2O5. The second kappa shape index (κ2) is 3.71. The standard InChI is InChI=1S/C10H8N2O5/c11-9-6(3-12-17-9)4-1-5(10(15)16)8(14)2-7(4)13/h1-3,13-14H,11H2,(H,15,16). The highest BCUT2D eigenvalue weighted by molar-refractivity contribution is 5.94. The fourth-order valence-electron chi connectivity index (χ4n) is 1.42. The molecule has 0 aliphatic carbocycles. The predicted octanol–water partition coefficient (Wildman–Crippen LogP) is 1.03. The van der Waals surface area contributed by atoms with Crippen LogP contribution in [0, 0.1) is 0 Å². The number of benzene rings is 1. The van der Waals surface area contributed by atoms with Crippen molar-refractivity contribution in [3.8, 4) is 22.6 Å². The molecule has 88 valence electrons. The molecule has 0 spiro atoms. The van der Waals surface area contributed by atoms with Gasteiger partial charge >= 0.3 is 5.97 Å². The lowest BCUT2D eigenvalue weighted by Gasteiger charge is -2.06. The molecule has 0 saturated carbocycles. The van der Waals surface area contributed by atoms with Gasteiger partial charge in [-0.3, -0.25) is 0 Å². The van der Waals surface area contributed by atoms with E-state index in [-0.39, 0.29) is 28.3 Å². The molecule has 0 unspecified atom stereocenters. The quantitative estimate of drug-likeness (QED) is 0.612. The number of hydrogen-bond acceptors (Lipinski definition) is 6. The van der Waals surface area contributed by atoms with E-state index in [9.17, 15) is 15.0 Å². The van der Waals surface area contributed by atoms with Crippen molar-refractivity contribution < 1.29 is 24.6 Å². The monoisotopic (exact) mass is 236 g/mol. The summed E-state index contributed by atoms with van der Waals surface area (Å²) in [5.74, 6) is -2.22. The Labute approximate surface area is 94.7 Å². The SMILES string of the molecule is Nc1oncc1-c1cc(C(=O)O)c(O)cc1O. The van der Waals surface area contributed by atoms with Crippen molar-refractivity contribution in [1.29, 1.82) is 0 Å². The Morgan fingerprint density at radius 1 is 1.24 bits per heavy atom. The third-order valence-electron chi connectivity index (χ3n) is 2.23. The molecule has 17 heavy (non-hydrogen) atoms. The average Bonchev–Trinajstić information content (AvgIpc) is 2.64. The molecule has 2 aromatic rings. The summed E-state index contributed by atoms with van der Waals surface area (Å²) < 4.78 is 4.61. The highest BCUT2D eigenvalue weighted by Gasteiger charge is 2.18. The third kappa shape index (κ3) is 1.73. The van der Waals surface area contributed by atoms with Gasteiger partial charge in [0.25, 0.3) is 0 Å². The van der Waals surface area contributed by atoms with Crippen LogP contribution in [-0.4, -0.2) is 26.4 Å². The lowest BCUT2D eigenvalue weighted by atomic mass is 10.0. The second-order valence-corrected chi connectivity index (χ2v) is 3.30. The van der Waals surface area contributed by atoms with Crippen LogP contribution in [0.2, 0.25) is 0 Å². The number of aromatic hydroxyl groups is 2. The summed E-state index contributed by atoms with van der Waals surface area (Å²) in [6.45, 7) is 0. The zero-order chi connectivity index (χ0) is 12.6. The van der Waals surface area contributed by atoms with E-state index in [0.29, 0.717) is 0 Å². The molecule has 1 aromatic carbocycles. The average molecular weight is 236 g/mol. The summed E-state index contributed by atoms with van der Waals surface area (Å²) >= 11 is 0. The van der Waals surface area contributed by atoms with Gasteiger partial charge in [0.15, 0.2) is 0 Å². The van der Waals surface area contributed by atoms with Gasteiger partial charge < -0.3 is 25.6 Å².